The molecule has 0 fully saturated rings. The highest BCUT2D eigenvalue weighted by Gasteiger charge is 2.34. The molecular weight excluding hydrogens is 310 g/mol. The minimum atomic E-state index is -0.314. The Morgan fingerprint density at radius 2 is 2.26 bits per heavy atom. The number of carbonyl (C=O) groups excluding carboxylic acids is 1. The minimum absolute atomic E-state index is 0.0560. The molecule has 1 aromatic heterocycles. The molecule has 0 saturated carbocycles. The van der Waals surface area contributed by atoms with Crippen molar-refractivity contribution < 1.29 is 9.53 Å². The first-order valence-electron chi connectivity index (χ1n) is 7.81. The van der Waals surface area contributed by atoms with Crippen molar-refractivity contribution in [1.29, 1.82) is 0 Å². The summed E-state index contributed by atoms with van der Waals surface area (Å²) in [5, 5.41) is 6.54. The SMILES string of the molecule is CCc1csc(N[C@H]2C[C@@H](C)N(C(=O)OC)c3ccccc32)n1. The second kappa shape index (κ2) is 6.58. The van der Waals surface area contributed by atoms with Crippen molar-refractivity contribution in [3.05, 3.63) is 40.9 Å². The fraction of sp³-hybridized carbons (Fsp3) is 0.412. The van der Waals surface area contributed by atoms with Gasteiger partial charge >= 0.3 is 6.09 Å². The van der Waals surface area contributed by atoms with Crippen LogP contribution >= 0.6 is 11.3 Å². The van der Waals surface area contributed by atoms with Crippen LogP contribution in [0.15, 0.2) is 29.6 Å². The second-order valence-electron chi connectivity index (χ2n) is 5.68. The van der Waals surface area contributed by atoms with Crippen LogP contribution in [0.2, 0.25) is 0 Å². The Labute approximate surface area is 140 Å². The number of methoxy groups -OCH3 is 1. The highest BCUT2D eigenvalue weighted by molar-refractivity contribution is 7.13. The van der Waals surface area contributed by atoms with Gasteiger partial charge in [0.15, 0.2) is 5.13 Å². The van der Waals surface area contributed by atoms with Gasteiger partial charge in [-0.1, -0.05) is 25.1 Å². The van der Waals surface area contributed by atoms with Crippen molar-refractivity contribution in [2.24, 2.45) is 0 Å². The molecule has 0 unspecified atom stereocenters. The number of hydrogen-bond acceptors (Lipinski definition) is 5. The average molecular weight is 331 g/mol. The normalized spacial score (nSPS) is 20.0. The first-order valence-corrected chi connectivity index (χ1v) is 8.69. The summed E-state index contributed by atoms with van der Waals surface area (Å²) in [5.41, 5.74) is 3.11. The van der Waals surface area contributed by atoms with Gasteiger partial charge in [0, 0.05) is 11.4 Å². The Morgan fingerprint density at radius 1 is 1.48 bits per heavy atom. The van der Waals surface area contributed by atoms with Crippen LogP contribution < -0.4 is 10.2 Å². The number of fused-ring (bicyclic) bond motifs is 1. The van der Waals surface area contributed by atoms with Gasteiger partial charge in [-0.15, -0.1) is 11.3 Å². The number of rotatable bonds is 3. The number of nitrogens with one attached hydrogen (secondary N) is 1. The fourth-order valence-electron chi connectivity index (χ4n) is 3.01. The summed E-state index contributed by atoms with van der Waals surface area (Å²) in [6.07, 6.45) is 1.44. The van der Waals surface area contributed by atoms with E-state index in [0.29, 0.717) is 0 Å². The molecule has 1 aliphatic heterocycles. The summed E-state index contributed by atoms with van der Waals surface area (Å²) in [7, 11) is 1.42. The molecule has 2 heterocycles. The largest absolute Gasteiger partial charge is 0.452 e. The molecule has 1 amide bonds. The van der Waals surface area contributed by atoms with Crippen LogP contribution in [0, 0.1) is 0 Å². The Morgan fingerprint density at radius 3 is 2.96 bits per heavy atom. The third-order valence-corrected chi connectivity index (χ3v) is 4.99. The fourth-order valence-corrected chi connectivity index (χ4v) is 3.86. The predicted molar refractivity (Wildman–Crippen MR) is 93.3 cm³/mol. The Balaban J connectivity index is 1.91. The number of hydrogen-bond donors (Lipinski definition) is 1. The zero-order chi connectivity index (χ0) is 16.4. The Hall–Kier alpha value is -2.08. The van der Waals surface area contributed by atoms with Crippen LogP contribution in [0.3, 0.4) is 0 Å². The van der Waals surface area contributed by atoms with E-state index >= 15 is 0 Å². The van der Waals surface area contributed by atoms with Gasteiger partial charge in [-0.05, 0) is 31.4 Å². The van der Waals surface area contributed by atoms with E-state index in [1.165, 1.54) is 7.11 Å². The van der Waals surface area contributed by atoms with Gasteiger partial charge in [-0.25, -0.2) is 9.78 Å². The molecule has 5 nitrogen and oxygen atoms in total. The molecule has 3 rings (SSSR count). The number of ether oxygens (including phenoxy) is 1. The van der Waals surface area contributed by atoms with E-state index in [2.05, 4.69) is 28.7 Å². The number of thiazole rings is 1. The average Bonchev–Trinajstić information content (AvgIpc) is 3.02. The van der Waals surface area contributed by atoms with Gasteiger partial charge in [0.05, 0.1) is 24.5 Å². The maximum absolute atomic E-state index is 12.1. The van der Waals surface area contributed by atoms with Gasteiger partial charge in [0.2, 0.25) is 0 Å². The number of amides is 1. The number of para-hydroxylation sites is 1. The van der Waals surface area contributed by atoms with Gasteiger partial charge < -0.3 is 10.1 Å². The molecule has 0 aliphatic carbocycles. The van der Waals surface area contributed by atoms with E-state index in [-0.39, 0.29) is 18.2 Å². The third kappa shape index (κ3) is 3.03. The summed E-state index contributed by atoms with van der Waals surface area (Å²) >= 11 is 1.63. The topological polar surface area (TPSA) is 54.5 Å². The molecule has 0 radical (unpaired) electrons. The predicted octanol–water partition coefficient (Wildman–Crippen LogP) is 4.22. The quantitative estimate of drug-likeness (QED) is 0.915. The molecule has 0 spiro atoms. The number of aryl methyl sites for hydroxylation is 1. The third-order valence-electron chi connectivity index (χ3n) is 4.17. The monoisotopic (exact) mass is 331 g/mol. The first kappa shape index (κ1) is 15.8. The maximum atomic E-state index is 12.1. The highest BCUT2D eigenvalue weighted by Crippen LogP contribution is 2.39. The summed E-state index contributed by atoms with van der Waals surface area (Å²) in [4.78, 5) is 18.4. The molecule has 1 aromatic carbocycles. The lowest BCUT2D eigenvalue weighted by Crippen LogP contribution is -2.44. The lowest BCUT2D eigenvalue weighted by molar-refractivity contribution is 0.175. The number of nitrogens with zero attached hydrogens (tertiary/aromatic N) is 2. The molecule has 0 bridgehead atoms. The Bertz CT molecular complexity index is 701. The molecule has 2 atom stereocenters. The molecule has 23 heavy (non-hydrogen) atoms. The van der Waals surface area contributed by atoms with Crippen LogP contribution in [-0.2, 0) is 11.2 Å². The van der Waals surface area contributed by atoms with Gasteiger partial charge in [-0.3, -0.25) is 4.90 Å². The van der Waals surface area contributed by atoms with Crippen molar-refractivity contribution in [2.45, 2.75) is 38.8 Å². The number of aromatic nitrogens is 1. The molecule has 6 heteroatoms. The highest BCUT2D eigenvalue weighted by atomic mass is 32.1. The van der Waals surface area contributed by atoms with E-state index in [4.69, 9.17) is 4.74 Å². The smallest absolute Gasteiger partial charge is 0.414 e. The second-order valence-corrected chi connectivity index (χ2v) is 6.54. The van der Waals surface area contributed by atoms with Crippen LogP contribution in [0.1, 0.15) is 37.6 Å². The number of anilines is 2. The summed E-state index contributed by atoms with van der Waals surface area (Å²) in [6, 6.07) is 8.17. The summed E-state index contributed by atoms with van der Waals surface area (Å²) in [5.74, 6) is 0. The van der Waals surface area contributed by atoms with Crippen LogP contribution in [0.4, 0.5) is 15.6 Å². The van der Waals surface area contributed by atoms with E-state index in [0.717, 1.165) is 34.9 Å². The zero-order valence-electron chi connectivity index (χ0n) is 13.6. The lowest BCUT2D eigenvalue weighted by Gasteiger charge is -2.38. The van der Waals surface area contributed by atoms with Crippen LogP contribution in [0.25, 0.3) is 0 Å². The summed E-state index contributed by atoms with van der Waals surface area (Å²) < 4.78 is 4.94. The maximum Gasteiger partial charge on any atom is 0.414 e. The van der Waals surface area contributed by atoms with Crippen molar-refractivity contribution in [1.82, 2.24) is 4.98 Å². The number of benzene rings is 1. The molecule has 1 aliphatic rings. The van der Waals surface area contributed by atoms with E-state index in [1.807, 2.05) is 25.1 Å². The Kier molecular flexibility index (Phi) is 4.52. The van der Waals surface area contributed by atoms with E-state index < -0.39 is 0 Å². The molecule has 2 aromatic rings. The van der Waals surface area contributed by atoms with Crippen LogP contribution in [-0.4, -0.2) is 24.2 Å². The van der Waals surface area contributed by atoms with Crippen molar-refractivity contribution >= 4 is 28.2 Å². The van der Waals surface area contributed by atoms with Gasteiger partial charge in [-0.2, -0.15) is 0 Å². The lowest BCUT2D eigenvalue weighted by atomic mass is 9.92. The summed E-state index contributed by atoms with van der Waals surface area (Å²) in [6.45, 7) is 4.14. The zero-order valence-corrected chi connectivity index (χ0v) is 14.4. The van der Waals surface area contributed by atoms with E-state index in [9.17, 15) is 4.79 Å². The van der Waals surface area contributed by atoms with Crippen molar-refractivity contribution in [3.63, 3.8) is 0 Å². The molecule has 0 saturated heterocycles. The van der Waals surface area contributed by atoms with E-state index in [1.54, 1.807) is 16.2 Å². The van der Waals surface area contributed by atoms with Crippen molar-refractivity contribution in [3.8, 4) is 0 Å². The van der Waals surface area contributed by atoms with Gasteiger partial charge in [0.1, 0.15) is 0 Å². The van der Waals surface area contributed by atoms with Crippen molar-refractivity contribution in [2.75, 3.05) is 17.3 Å². The first-order chi connectivity index (χ1) is 11.1. The van der Waals surface area contributed by atoms with Crippen LogP contribution in [0.5, 0.6) is 0 Å². The molecule has 1 N–H and O–H groups in total. The molecule has 122 valence electrons. The minimum Gasteiger partial charge on any atom is -0.452 e. The molecular formula is C17H21N3O2S. The standard InChI is InChI=1S/C17H21N3O2S/c1-4-12-10-23-16(18-12)19-14-9-11(2)20(17(21)22-3)15-8-6-5-7-13(14)15/h5-8,10-11,14H,4,9H2,1-3H3,(H,18,19)/t11-,14+/m1/s1. The number of carbonyl (C=O) groups is 1. The van der Waals surface area contributed by atoms with Gasteiger partial charge in [0.25, 0.3) is 0 Å².